The molecule has 3 rings (SSSR count). The van der Waals surface area contributed by atoms with E-state index in [1.807, 2.05) is 13.0 Å². The maximum absolute atomic E-state index is 12.5. The van der Waals surface area contributed by atoms with Crippen LogP contribution in [0.5, 0.6) is 0 Å². The molecule has 1 fully saturated rings. The van der Waals surface area contributed by atoms with Crippen molar-refractivity contribution in [2.45, 2.75) is 43.5 Å². The Hall–Kier alpha value is -1.40. The van der Waals surface area contributed by atoms with E-state index >= 15 is 0 Å². The molecule has 1 heterocycles. The summed E-state index contributed by atoms with van der Waals surface area (Å²) in [6, 6.07) is 5.54. The monoisotopic (exact) mass is 336 g/mol. The van der Waals surface area contributed by atoms with E-state index in [1.54, 1.807) is 17.0 Å². The first kappa shape index (κ1) is 16.5. The van der Waals surface area contributed by atoms with Gasteiger partial charge in [-0.1, -0.05) is 6.07 Å². The van der Waals surface area contributed by atoms with Crippen LogP contribution in [-0.4, -0.2) is 50.7 Å². The highest BCUT2D eigenvalue weighted by molar-refractivity contribution is 7.91. The lowest BCUT2D eigenvalue weighted by Crippen LogP contribution is -2.52. The van der Waals surface area contributed by atoms with Crippen LogP contribution >= 0.6 is 0 Å². The van der Waals surface area contributed by atoms with Gasteiger partial charge in [-0.2, -0.15) is 0 Å². The zero-order chi connectivity index (χ0) is 16.4. The summed E-state index contributed by atoms with van der Waals surface area (Å²) in [6.45, 7) is 4.18. The van der Waals surface area contributed by atoms with Gasteiger partial charge in [0, 0.05) is 32.1 Å². The van der Waals surface area contributed by atoms with Gasteiger partial charge in [-0.25, -0.2) is 8.42 Å². The Morgan fingerprint density at radius 1 is 1.30 bits per heavy atom. The van der Waals surface area contributed by atoms with E-state index < -0.39 is 9.84 Å². The zero-order valence-corrected chi connectivity index (χ0v) is 14.4. The fourth-order valence-electron chi connectivity index (χ4n) is 3.44. The second-order valence-corrected chi connectivity index (χ2v) is 8.60. The minimum atomic E-state index is -3.40. The largest absolute Gasteiger partial charge is 0.337 e. The summed E-state index contributed by atoms with van der Waals surface area (Å²) in [7, 11) is -3.40. The van der Waals surface area contributed by atoms with Crippen LogP contribution in [0.2, 0.25) is 0 Å². The van der Waals surface area contributed by atoms with Crippen molar-refractivity contribution >= 4 is 15.7 Å². The predicted molar refractivity (Wildman–Crippen MR) is 89.2 cm³/mol. The lowest BCUT2D eigenvalue weighted by molar-refractivity contribution is -0.133. The van der Waals surface area contributed by atoms with Crippen molar-refractivity contribution in [3.63, 3.8) is 0 Å². The molecule has 1 aliphatic carbocycles. The number of fused-ring (bicyclic) bond motifs is 1. The molecule has 1 aliphatic heterocycles. The number of carbonyl (C=O) groups is 1. The molecular weight excluding hydrogens is 312 g/mol. The number of amides is 1. The predicted octanol–water partition coefficient (Wildman–Crippen LogP) is 1.16. The van der Waals surface area contributed by atoms with Gasteiger partial charge in [0.2, 0.25) is 5.91 Å². The Morgan fingerprint density at radius 3 is 2.87 bits per heavy atom. The summed E-state index contributed by atoms with van der Waals surface area (Å²) in [5.74, 6) is -0.176. The average molecular weight is 336 g/mol. The van der Waals surface area contributed by atoms with Gasteiger partial charge in [-0.05, 0) is 49.4 Å². The average Bonchev–Trinajstić information content (AvgIpc) is 3.00. The minimum absolute atomic E-state index is 0.0593. The van der Waals surface area contributed by atoms with Crippen LogP contribution in [0.4, 0.5) is 0 Å². The molecule has 0 saturated carbocycles. The molecule has 1 atom stereocenters. The van der Waals surface area contributed by atoms with Crippen molar-refractivity contribution in [1.29, 1.82) is 0 Å². The van der Waals surface area contributed by atoms with Gasteiger partial charge in [0.15, 0.2) is 9.84 Å². The van der Waals surface area contributed by atoms with Crippen LogP contribution in [0.3, 0.4) is 0 Å². The highest BCUT2D eigenvalue weighted by atomic mass is 32.2. The summed E-state index contributed by atoms with van der Waals surface area (Å²) in [6.07, 6.45) is 3.15. The fraction of sp³-hybridized carbons (Fsp3) is 0.588. The van der Waals surface area contributed by atoms with E-state index in [9.17, 15) is 13.2 Å². The molecule has 2 aliphatic rings. The van der Waals surface area contributed by atoms with Crippen molar-refractivity contribution in [3.05, 3.63) is 29.3 Å². The first-order valence-corrected chi connectivity index (χ1v) is 9.97. The summed E-state index contributed by atoms with van der Waals surface area (Å²) in [5.41, 5.74) is 2.41. The third-order valence-corrected chi connectivity index (χ3v) is 6.55. The molecule has 1 N–H and O–H groups in total. The number of piperazine rings is 1. The van der Waals surface area contributed by atoms with Crippen LogP contribution in [0.15, 0.2) is 23.1 Å². The molecule has 0 unspecified atom stereocenters. The second-order valence-electron chi connectivity index (χ2n) is 6.49. The van der Waals surface area contributed by atoms with Gasteiger partial charge in [0.1, 0.15) is 0 Å². The number of benzene rings is 1. The van der Waals surface area contributed by atoms with Crippen molar-refractivity contribution in [2.24, 2.45) is 0 Å². The number of rotatable bonds is 4. The van der Waals surface area contributed by atoms with Crippen molar-refractivity contribution in [1.82, 2.24) is 10.2 Å². The van der Waals surface area contributed by atoms with Crippen LogP contribution < -0.4 is 5.32 Å². The highest BCUT2D eigenvalue weighted by Crippen LogP contribution is 2.25. The molecule has 0 bridgehead atoms. The summed E-state index contributed by atoms with van der Waals surface area (Å²) in [5, 5.41) is 3.23. The van der Waals surface area contributed by atoms with Crippen LogP contribution in [0, 0.1) is 0 Å². The van der Waals surface area contributed by atoms with Gasteiger partial charge in [-0.3, -0.25) is 4.79 Å². The SMILES string of the molecule is C[C@H]1CNCCN1C(=O)CCS(=O)(=O)c1ccc2c(c1)CCC2. The summed E-state index contributed by atoms with van der Waals surface area (Å²) < 4.78 is 25.0. The second kappa shape index (κ2) is 6.61. The molecule has 0 spiro atoms. The third kappa shape index (κ3) is 3.58. The van der Waals surface area contributed by atoms with E-state index in [0.717, 1.165) is 37.9 Å². The topological polar surface area (TPSA) is 66.5 Å². The molecule has 5 nitrogen and oxygen atoms in total. The Morgan fingerprint density at radius 2 is 2.09 bits per heavy atom. The van der Waals surface area contributed by atoms with Gasteiger partial charge < -0.3 is 10.2 Å². The standard InChI is InChI=1S/C17H24N2O3S/c1-13-12-18-8-9-19(13)17(20)7-10-23(21,22)16-6-5-14-3-2-4-15(14)11-16/h5-6,11,13,18H,2-4,7-10,12H2,1H3/t13-/m0/s1. The lowest BCUT2D eigenvalue weighted by atomic mass is 10.1. The molecule has 126 valence electrons. The summed E-state index contributed by atoms with van der Waals surface area (Å²) in [4.78, 5) is 14.5. The Balaban J connectivity index is 1.65. The lowest BCUT2D eigenvalue weighted by Gasteiger charge is -2.34. The van der Waals surface area contributed by atoms with Crippen molar-refractivity contribution in [2.75, 3.05) is 25.4 Å². The number of hydrogen-bond acceptors (Lipinski definition) is 4. The first-order chi connectivity index (χ1) is 11.0. The highest BCUT2D eigenvalue weighted by Gasteiger charge is 2.25. The summed E-state index contributed by atoms with van der Waals surface area (Å²) >= 11 is 0. The third-order valence-electron chi connectivity index (χ3n) is 4.84. The molecule has 0 aromatic heterocycles. The number of nitrogens with zero attached hydrogens (tertiary/aromatic N) is 1. The van der Waals surface area contributed by atoms with Gasteiger partial charge in [-0.15, -0.1) is 0 Å². The van der Waals surface area contributed by atoms with Crippen LogP contribution in [0.25, 0.3) is 0 Å². The number of carbonyl (C=O) groups excluding carboxylic acids is 1. The van der Waals surface area contributed by atoms with E-state index in [-0.39, 0.29) is 24.1 Å². The Kier molecular flexibility index (Phi) is 4.73. The maximum Gasteiger partial charge on any atom is 0.223 e. The molecule has 23 heavy (non-hydrogen) atoms. The zero-order valence-electron chi connectivity index (χ0n) is 13.5. The quantitative estimate of drug-likeness (QED) is 0.896. The first-order valence-electron chi connectivity index (χ1n) is 8.32. The van der Waals surface area contributed by atoms with Crippen LogP contribution in [0.1, 0.15) is 30.9 Å². The molecule has 1 saturated heterocycles. The van der Waals surface area contributed by atoms with Crippen molar-refractivity contribution in [3.8, 4) is 0 Å². The molecule has 0 radical (unpaired) electrons. The number of hydrogen-bond donors (Lipinski definition) is 1. The number of aryl methyl sites for hydroxylation is 2. The Bertz CT molecular complexity index is 700. The van der Waals surface area contributed by atoms with E-state index in [0.29, 0.717) is 11.4 Å². The maximum atomic E-state index is 12.5. The number of sulfone groups is 1. The van der Waals surface area contributed by atoms with Gasteiger partial charge in [0.05, 0.1) is 10.6 Å². The number of nitrogens with one attached hydrogen (secondary N) is 1. The smallest absolute Gasteiger partial charge is 0.223 e. The fourth-order valence-corrected chi connectivity index (χ4v) is 4.71. The molecule has 1 aromatic rings. The molecular formula is C17H24N2O3S. The van der Waals surface area contributed by atoms with Crippen LogP contribution in [-0.2, 0) is 27.5 Å². The van der Waals surface area contributed by atoms with Crippen molar-refractivity contribution < 1.29 is 13.2 Å². The van der Waals surface area contributed by atoms with Gasteiger partial charge in [0.25, 0.3) is 0 Å². The van der Waals surface area contributed by atoms with E-state index in [4.69, 9.17) is 0 Å². The van der Waals surface area contributed by atoms with E-state index in [1.165, 1.54) is 5.56 Å². The van der Waals surface area contributed by atoms with Gasteiger partial charge >= 0.3 is 0 Å². The minimum Gasteiger partial charge on any atom is -0.337 e. The van der Waals surface area contributed by atoms with E-state index in [2.05, 4.69) is 5.32 Å². The molecule has 1 aromatic carbocycles. The molecule has 1 amide bonds. The normalized spacial score (nSPS) is 21.3. The Labute approximate surface area is 138 Å². The molecule has 6 heteroatoms.